The lowest BCUT2D eigenvalue weighted by Crippen LogP contribution is -1.95. The molecule has 4 rings (SSSR count). The van der Waals surface area contributed by atoms with Crippen LogP contribution in [-0.4, -0.2) is 21.7 Å². The number of aromatic nitrogens is 3. The molecule has 0 aliphatic carbocycles. The van der Waals surface area contributed by atoms with Gasteiger partial charge in [-0.2, -0.15) is 5.10 Å². The molecule has 0 amide bonds. The summed E-state index contributed by atoms with van der Waals surface area (Å²) in [5.41, 5.74) is 2.53. The molecule has 3 heterocycles. The van der Waals surface area contributed by atoms with Crippen LogP contribution in [0.1, 0.15) is 0 Å². The lowest BCUT2D eigenvalue weighted by molar-refractivity contribution is 0.398. The second-order valence-corrected chi connectivity index (χ2v) is 5.34. The maximum absolute atomic E-state index is 14.0. The molecule has 4 aromatic rings. The topological polar surface area (TPSA) is 48.7 Å². The number of hydrogen-bond donors (Lipinski definition) is 0. The van der Waals surface area contributed by atoms with Crippen LogP contribution >= 0.6 is 0 Å². The van der Waals surface area contributed by atoms with Crippen LogP contribution in [0, 0.1) is 5.82 Å². The van der Waals surface area contributed by atoms with Crippen LogP contribution in [0.2, 0.25) is 0 Å². The average molecular weight is 335 g/mol. The van der Waals surface area contributed by atoms with E-state index in [1.54, 1.807) is 48.3 Å². The van der Waals surface area contributed by atoms with E-state index in [4.69, 9.17) is 9.47 Å². The number of para-hydroxylation sites is 1. The standard InChI is InChI=1S/C19H14FN3O2/c1-24-18-12-13(6-9-21-18)14-8-11-23-19(14)17(7-10-22-23)25-16-5-3-2-4-15(16)20/h2-12H,1H3. The molecular formula is C19H14FN3O2. The SMILES string of the molecule is COc1cc(-c2ccn3nccc(Oc4ccccc4F)c23)ccn1. The quantitative estimate of drug-likeness (QED) is 0.557. The number of hydrogen-bond acceptors (Lipinski definition) is 4. The fraction of sp³-hybridized carbons (Fsp3) is 0.0526. The molecule has 124 valence electrons. The summed E-state index contributed by atoms with van der Waals surface area (Å²) in [6, 6.07) is 13.6. The van der Waals surface area contributed by atoms with Gasteiger partial charge in [-0.15, -0.1) is 0 Å². The molecule has 0 fully saturated rings. The third-order valence-electron chi connectivity index (χ3n) is 3.83. The van der Waals surface area contributed by atoms with Crippen LogP contribution in [-0.2, 0) is 0 Å². The molecule has 0 spiro atoms. The first-order valence-electron chi connectivity index (χ1n) is 7.65. The number of nitrogens with zero attached hydrogens (tertiary/aromatic N) is 3. The molecule has 0 saturated carbocycles. The Balaban J connectivity index is 1.86. The Hall–Kier alpha value is -3.41. The van der Waals surface area contributed by atoms with Gasteiger partial charge in [-0.05, 0) is 29.8 Å². The van der Waals surface area contributed by atoms with Gasteiger partial charge in [0.15, 0.2) is 17.3 Å². The summed E-state index contributed by atoms with van der Waals surface area (Å²) in [5.74, 6) is 0.763. The van der Waals surface area contributed by atoms with Crippen LogP contribution < -0.4 is 9.47 Å². The van der Waals surface area contributed by atoms with Crippen LogP contribution in [0.3, 0.4) is 0 Å². The number of rotatable bonds is 4. The third-order valence-corrected chi connectivity index (χ3v) is 3.83. The summed E-state index contributed by atoms with van der Waals surface area (Å²) in [5, 5.41) is 4.29. The van der Waals surface area contributed by atoms with Crippen molar-refractivity contribution >= 4 is 5.52 Å². The van der Waals surface area contributed by atoms with Crippen molar-refractivity contribution in [3.8, 4) is 28.5 Å². The number of benzene rings is 1. The van der Waals surface area contributed by atoms with Crippen LogP contribution in [0.5, 0.6) is 17.4 Å². The van der Waals surface area contributed by atoms with Gasteiger partial charge in [0.25, 0.3) is 0 Å². The zero-order valence-corrected chi connectivity index (χ0v) is 13.4. The van der Waals surface area contributed by atoms with Gasteiger partial charge in [-0.3, -0.25) is 0 Å². The van der Waals surface area contributed by atoms with Crippen molar-refractivity contribution in [2.24, 2.45) is 0 Å². The highest BCUT2D eigenvalue weighted by atomic mass is 19.1. The fourth-order valence-corrected chi connectivity index (χ4v) is 2.67. The molecule has 0 aliphatic rings. The minimum Gasteiger partial charge on any atom is -0.481 e. The molecular weight excluding hydrogens is 321 g/mol. The smallest absolute Gasteiger partial charge is 0.213 e. The van der Waals surface area contributed by atoms with E-state index >= 15 is 0 Å². The van der Waals surface area contributed by atoms with Gasteiger partial charge >= 0.3 is 0 Å². The van der Waals surface area contributed by atoms with E-state index in [1.807, 2.05) is 24.4 Å². The van der Waals surface area contributed by atoms with Gasteiger partial charge < -0.3 is 9.47 Å². The number of methoxy groups -OCH3 is 1. The predicted molar refractivity (Wildman–Crippen MR) is 91.4 cm³/mol. The Kier molecular flexibility index (Phi) is 3.78. The van der Waals surface area contributed by atoms with Crippen molar-refractivity contribution in [2.75, 3.05) is 7.11 Å². The third kappa shape index (κ3) is 2.78. The Labute approximate surface area is 143 Å². The van der Waals surface area contributed by atoms with Crippen molar-refractivity contribution in [1.82, 2.24) is 14.6 Å². The lowest BCUT2D eigenvalue weighted by atomic mass is 10.1. The largest absolute Gasteiger partial charge is 0.481 e. The second kappa shape index (κ2) is 6.24. The van der Waals surface area contributed by atoms with Crippen molar-refractivity contribution in [2.45, 2.75) is 0 Å². The minimum atomic E-state index is -0.420. The highest BCUT2D eigenvalue weighted by molar-refractivity contribution is 5.85. The second-order valence-electron chi connectivity index (χ2n) is 5.34. The molecule has 0 bridgehead atoms. The van der Waals surface area contributed by atoms with E-state index in [2.05, 4.69) is 10.1 Å². The zero-order chi connectivity index (χ0) is 17.2. The summed E-state index contributed by atoms with van der Waals surface area (Å²) < 4.78 is 26.7. The van der Waals surface area contributed by atoms with Gasteiger partial charge in [-0.1, -0.05) is 12.1 Å². The number of halogens is 1. The van der Waals surface area contributed by atoms with Gasteiger partial charge in [-0.25, -0.2) is 13.9 Å². The molecule has 0 saturated heterocycles. The first kappa shape index (κ1) is 15.1. The van der Waals surface area contributed by atoms with E-state index in [-0.39, 0.29) is 5.75 Å². The highest BCUT2D eigenvalue weighted by Crippen LogP contribution is 2.35. The van der Waals surface area contributed by atoms with E-state index in [9.17, 15) is 4.39 Å². The van der Waals surface area contributed by atoms with Gasteiger partial charge in [0.2, 0.25) is 5.88 Å². The molecule has 3 aromatic heterocycles. The monoisotopic (exact) mass is 335 g/mol. The van der Waals surface area contributed by atoms with Crippen molar-refractivity contribution in [3.05, 3.63) is 72.9 Å². The average Bonchev–Trinajstić information content (AvgIpc) is 3.09. The molecule has 0 atom stereocenters. The normalized spacial score (nSPS) is 10.8. The van der Waals surface area contributed by atoms with E-state index in [1.165, 1.54) is 6.07 Å². The lowest BCUT2D eigenvalue weighted by Gasteiger charge is -2.10. The Morgan fingerprint density at radius 1 is 1.00 bits per heavy atom. The van der Waals surface area contributed by atoms with Gasteiger partial charge in [0.05, 0.1) is 13.3 Å². The molecule has 5 nitrogen and oxygen atoms in total. The zero-order valence-electron chi connectivity index (χ0n) is 13.4. The fourth-order valence-electron chi connectivity index (χ4n) is 2.67. The first-order valence-corrected chi connectivity index (χ1v) is 7.65. The molecule has 0 aliphatic heterocycles. The molecule has 0 radical (unpaired) electrons. The molecule has 0 N–H and O–H groups in total. The summed E-state index contributed by atoms with van der Waals surface area (Å²) in [4.78, 5) is 4.12. The Bertz CT molecular complexity index is 1050. The summed E-state index contributed by atoms with van der Waals surface area (Å²) >= 11 is 0. The van der Waals surface area contributed by atoms with E-state index < -0.39 is 5.82 Å². The van der Waals surface area contributed by atoms with Crippen LogP contribution in [0.4, 0.5) is 4.39 Å². The molecule has 1 aromatic carbocycles. The van der Waals surface area contributed by atoms with E-state index in [0.717, 1.165) is 16.6 Å². The Morgan fingerprint density at radius 3 is 2.72 bits per heavy atom. The van der Waals surface area contributed by atoms with Crippen molar-refractivity contribution in [3.63, 3.8) is 0 Å². The number of fused-ring (bicyclic) bond motifs is 1. The van der Waals surface area contributed by atoms with Crippen molar-refractivity contribution < 1.29 is 13.9 Å². The number of pyridine rings is 1. The maximum atomic E-state index is 14.0. The Morgan fingerprint density at radius 2 is 1.88 bits per heavy atom. The van der Waals surface area contributed by atoms with Crippen LogP contribution in [0.25, 0.3) is 16.6 Å². The summed E-state index contributed by atoms with van der Waals surface area (Å²) in [6.07, 6.45) is 5.11. The maximum Gasteiger partial charge on any atom is 0.213 e. The first-order chi connectivity index (χ1) is 12.3. The molecule has 25 heavy (non-hydrogen) atoms. The molecule has 0 unspecified atom stereocenters. The molecule has 6 heteroatoms. The predicted octanol–water partition coefficient (Wildman–Crippen LogP) is 4.34. The van der Waals surface area contributed by atoms with Crippen LogP contribution in [0.15, 0.2) is 67.1 Å². The minimum absolute atomic E-state index is 0.162. The van der Waals surface area contributed by atoms with Crippen molar-refractivity contribution in [1.29, 1.82) is 0 Å². The summed E-state index contributed by atoms with van der Waals surface area (Å²) in [6.45, 7) is 0. The van der Waals surface area contributed by atoms with E-state index in [0.29, 0.717) is 11.6 Å². The number of ether oxygens (including phenoxy) is 2. The summed E-state index contributed by atoms with van der Waals surface area (Å²) in [7, 11) is 1.57. The van der Waals surface area contributed by atoms with Gasteiger partial charge in [0.1, 0.15) is 5.52 Å². The highest BCUT2D eigenvalue weighted by Gasteiger charge is 2.14. The van der Waals surface area contributed by atoms with Gasteiger partial charge in [0, 0.05) is 30.1 Å².